The highest BCUT2D eigenvalue weighted by Gasteiger charge is 2.17. The Balaban J connectivity index is 1.99. The van der Waals surface area contributed by atoms with Gasteiger partial charge in [0.1, 0.15) is 0 Å². The SMILES string of the molecule is CCNC(c1ccc(Cl)c(Br)c1)c1ccc2c(c1)CCC2. The molecule has 1 nitrogen and oxygen atoms in total. The number of benzene rings is 2. The van der Waals surface area contributed by atoms with E-state index in [0.717, 1.165) is 16.0 Å². The molecule has 2 aromatic carbocycles. The van der Waals surface area contributed by atoms with E-state index in [1.807, 2.05) is 6.07 Å². The van der Waals surface area contributed by atoms with Gasteiger partial charge in [-0.15, -0.1) is 0 Å². The van der Waals surface area contributed by atoms with Gasteiger partial charge in [-0.25, -0.2) is 0 Å². The van der Waals surface area contributed by atoms with E-state index in [-0.39, 0.29) is 6.04 Å². The maximum atomic E-state index is 6.12. The fourth-order valence-electron chi connectivity index (χ4n) is 3.10. The van der Waals surface area contributed by atoms with Crippen LogP contribution in [0.1, 0.15) is 41.6 Å². The number of aryl methyl sites for hydroxylation is 2. The van der Waals surface area contributed by atoms with Gasteiger partial charge in [0.15, 0.2) is 0 Å². The molecule has 3 rings (SSSR count). The number of hydrogen-bond acceptors (Lipinski definition) is 1. The molecular formula is C18H19BrClN. The van der Waals surface area contributed by atoms with Crippen LogP contribution in [0.5, 0.6) is 0 Å². The minimum atomic E-state index is 0.217. The number of hydrogen-bond donors (Lipinski definition) is 1. The second kappa shape index (κ2) is 6.51. The molecule has 0 aliphatic heterocycles. The van der Waals surface area contributed by atoms with Crippen molar-refractivity contribution in [1.82, 2.24) is 5.32 Å². The first-order valence-electron chi connectivity index (χ1n) is 7.49. The van der Waals surface area contributed by atoms with E-state index in [9.17, 15) is 0 Å². The quantitative estimate of drug-likeness (QED) is 0.777. The van der Waals surface area contributed by atoms with Crippen LogP contribution in [0.3, 0.4) is 0 Å². The van der Waals surface area contributed by atoms with E-state index in [2.05, 4.69) is 58.5 Å². The van der Waals surface area contributed by atoms with Crippen LogP contribution in [0.2, 0.25) is 5.02 Å². The minimum Gasteiger partial charge on any atom is -0.307 e. The van der Waals surface area contributed by atoms with Crippen molar-refractivity contribution in [2.24, 2.45) is 0 Å². The molecule has 0 amide bonds. The van der Waals surface area contributed by atoms with Crippen LogP contribution >= 0.6 is 27.5 Å². The summed E-state index contributed by atoms with van der Waals surface area (Å²) in [5.41, 5.74) is 5.62. The lowest BCUT2D eigenvalue weighted by molar-refractivity contribution is 0.630. The van der Waals surface area contributed by atoms with E-state index >= 15 is 0 Å². The highest BCUT2D eigenvalue weighted by atomic mass is 79.9. The second-order valence-electron chi connectivity index (χ2n) is 5.55. The smallest absolute Gasteiger partial charge is 0.0577 e. The van der Waals surface area contributed by atoms with E-state index in [1.165, 1.54) is 41.5 Å². The topological polar surface area (TPSA) is 12.0 Å². The number of rotatable bonds is 4. The van der Waals surface area contributed by atoms with Crippen LogP contribution < -0.4 is 5.32 Å². The lowest BCUT2D eigenvalue weighted by Gasteiger charge is -2.20. The van der Waals surface area contributed by atoms with Gasteiger partial charge >= 0.3 is 0 Å². The van der Waals surface area contributed by atoms with Crippen LogP contribution in [0.15, 0.2) is 40.9 Å². The molecule has 0 bridgehead atoms. The van der Waals surface area contributed by atoms with Crippen molar-refractivity contribution in [2.75, 3.05) is 6.54 Å². The summed E-state index contributed by atoms with van der Waals surface area (Å²) in [6.07, 6.45) is 3.73. The molecule has 3 heteroatoms. The van der Waals surface area contributed by atoms with E-state index in [0.29, 0.717) is 0 Å². The van der Waals surface area contributed by atoms with Gasteiger partial charge in [0.25, 0.3) is 0 Å². The normalized spacial score (nSPS) is 15.0. The molecule has 1 atom stereocenters. The monoisotopic (exact) mass is 363 g/mol. The third-order valence-electron chi connectivity index (χ3n) is 4.14. The zero-order chi connectivity index (χ0) is 14.8. The van der Waals surface area contributed by atoms with Gasteiger partial charge < -0.3 is 5.32 Å². The summed E-state index contributed by atoms with van der Waals surface area (Å²) in [6, 6.07) is 13.3. The second-order valence-corrected chi connectivity index (χ2v) is 6.81. The van der Waals surface area contributed by atoms with Crippen LogP contribution in [-0.2, 0) is 12.8 Å². The van der Waals surface area contributed by atoms with Crippen molar-refractivity contribution >= 4 is 27.5 Å². The number of fused-ring (bicyclic) bond motifs is 1. The van der Waals surface area contributed by atoms with Crippen LogP contribution in [0.4, 0.5) is 0 Å². The lowest BCUT2D eigenvalue weighted by Crippen LogP contribution is -2.22. The third-order valence-corrected chi connectivity index (χ3v) is 5.36. The van der Waals surface area contributed by atoms with Gasteiger partial charge in [0.05, 0.1) is 11.1 Å². The molecule has 0 fully saturated rings. The molecule has 0 saturated heterocycles. The summed E-state index contributed by atoms with van der Waals surface area (Å²) in [6.45, 7) is 3.08. The molecule has 0 saturated carbocycles. The van der Waals surface area contributed by atoms with Gasteiger partial charge in [-0.2, -0.15) is 0 Å². The summed E-state index contributed by atoms with van der Waals surface area (Å²) in [5.74, 6) is 0. The van der Waals surface area contributed by atoms with E-state index in [1.54, 1.807) is 0 Å². The summed E-state index contributed by atoms with van der Waals surface area (Å²) < 4.78 is 0.950. The maximum Gasteiger partial charge on any atom is 0.0577 e. The van der Waals surface area contributed by atoms with Crippen LogP contribution in [-0.4, -0.2) is 6.54 Å². The molecule has 1 aliphatic rings. The Labute approximate surface area is 139 Å². The van der Waals surface area contributed by atoms with Gasteiger partial charge in [-0.05, 0) is 76.1 Å². The zero-order valence-corrected chi connectivity index (χ0v) is 14.5. The molecule has 2 aromatic rings. The first-order valence-corrected chi connectivity index (χ1v) is 8.66. The van der Waals surface area contributed by atoms with Gasteiger partial charge in [-0.1, -0.05) is 42.8 Å². The standard InChI is InChI=1S/C18H19BrClN/c1-2-21-18(15-8-9-17(20)16(19)11-15)14-7-6-12-4-3-5-13(12)10-14/h6-11,18,21H,2-5H2,1H3. The highest BCUT2D eigenvalue weighted by Crippen LogP contribution is 2.31. The summed E-state index contributed by atoms with van der Waals surface area (Å²) >= 11 is 9.65. The van der Waals surface area contributed by atoms with E-state index < -0.39 is 0 Å². The first-order chi connectivity index (χ1) is 10.2. The molecule has 0 aromatic heterocycles. The number of halogens is 2. The van der Waals surface area contributed by atoms with Crippen molar-refractivity contribution in [3.8, 4) is 0 Å². The molecule has 1 aliphatic carbocycles. The molecule has 1 N–H and O–H groups in total. The molecule has 0 heterocycles. The first kappa shape index (κ1) is 15.1. The predicted molar refractivity (Wildman–Crippen MR) is 93.1 cm³/mol. The molecule has 110 valence electrons. The molecule has 1 unspecified atom stereocenters. The fraction of sp³-hybridized carbons (Fsp3) is 0.333. The Kier molecular flexibility index (Phi) is 4.68. The van der Waals surface area contributed by atoms with Crippen LogP contribution in [0, 0.1) is 0 Å². The fourth-order valence-corrected chi connectivity index (χ4v) is 3.61. The number of nitrogens with one attached hydrogen (secondary N) is 1. The van der Waals surface area contributed by atoms with Crippen molar-refractivity contribution in [3.05, 3.63) is 68.1 Å². The van der Waals surface area contributed by atoms with Gasteiger partial charge in [0.2, 0.25) is 0 Å². The van der Waals surface area contributed by atoms with Crippen molar-refractivity contribution in [1.29, 1.82) is 0 Å². The molecule has 0 spiro atoms. The maximum absolute atomic E-state index is 6.12. The Morgan fingerprint density at radius 1 is 1.10 bits per heavy atom. The molecule has 21 heavy (non-hydrogen) atoms. The van der Waals surface area contributed by atoms with E-state index in [4.69, 9.17) is 11.6 Å². The molecule has 0 radical (unpaired) electrons. The lowest BCUT2D eigenvalue weighted by atomic mass is 9.95. The third kappa shape index (κ3) is 3.18. The average Bonchev–Trinajstić information content (AvgIpc) is 2.95. The van der Waals surface area contributed by atoms with Crippen molar-refractivity contribution in [2.45, 2.75) is 32.2 Å². The van der Waals surface area contributed by atoms with Gasteiger partial charge in [0, 0.05) is 4.47 Å². The Hall–Kier alpha value is -0.830. The summed E-state index contributed by atoms with van der Waals surface area (Å²) in [5, 5.41) is 4.34. The van der Waals surface area contributed by atoms with Crippen molar-refractivity contribution < 1.29 is 0 Å². The Morgan fingerprint density at radius 3 is 2.57 bits per heavy atom. The summed E-state index contributed by atoms with van der Waals surface area (Å²) in [7, 11) is 0. The highest BCUT2D eigenvalue weighted by molar-refractivity contribution is 9.10. The summed E-state index contributed by atoms with van der Waals surface area (Å²) in [4.78, 5) is 0. The average molecular weight is 365 g/mol. The zero-order valence-electron chi connectivity index (χ0n) is 12.1. The largest absolute Gasteiger partial charge is 0.307 e. The Bertz CT molecular complexity index is 654. The predicted octanol–water partition coefficient (Wildman–Crippen LogP) is 5.29. The van der Waals surface area contributed by atoms with Crippen LogP contribution in [0.25, 0.3) is 0 Å². The van der Waals surface area contributed by atoms with Gasteiger partial charge in [-0.3, -0.25) is 0 Å². The minimum absolute atomic E-state index is 0.217. The van der Waals surface area contributed by atoms with Crippen molar-refractivity contribution in [3.63, 3.8) is 0 Å². The Morgan fingerprint density at radius 2 is 1.81 bits per heavy atom. The molecular weight excluding hydrogens is 346 g/mol.